The number of fused-ring (bicyclic) bond motifs is 9. The molecule has 1 aliphatic rings. The van der Waals surface area contributed by atoms with E-state index in [1.54, 1.807) is 0 Å². The Morgan fingerprint density at radius 1 is 0.594 bits per heavy atom. The zero-order valence-electron chi connectivity index (χ0n) is 18.3. The summed E-state index contributed by atoms with van der Waals surface area (Å²) < 4.78 is 2.46. The van der Waals surface area contributed by atoms with Gasteiger partial charge < -0.3 is 4.57 Å². The van der Waals surface area contributed by atoms with E-state index in [2.05, 4.69) is 122 Å². The van der Waals surface area contributed by atoms with Crippen molar-refractivity contribution < 1.29 is 0 Å². The van der Waals surface area contributed by atoms with Gasteiger partial charge in [0.05, 0.1) is 11.0 Å². The molecule has 0 bridgehead atoms. The van der Waals surface area contributed by atoms with Crippen molar-refractivity contribution in [3.05, 3.63) is 114 Å². The molecule has 0 spiro atoms. The molecule has 7 rings (SSSR count). The van der Waals surface area contributed by atoms with Crippen LogP contribution in [0.15, 0.2) is 103 Å². The second-order valence-electron chi connectivity index (χ2n) is 9.41. The molecule has 0 amide bonds. The van der Waals surface area contributed by atoms with Gasteiger partial charge in [-0.1, -0.05) is 98.8 Å². The molecule has 0 unspecified atom stereocenters. The Balaban J connectivity index is 1.73. The fourth-order valence-electron chi connectivity index (χ4n) is 5.98. The molecule has 1 nitrogen and oxygen atoms in total. The lowest BCUT2D eigenvalue weighted by atomic mass is 9.80. The van der Waals surface area contributed by atoms with Crippen molar-refractivity contribution in [3.63, 3.8) is 0 Å². The van der Waals surface area contributed by atoms with Crippen molar-refractivity contribution in [1.82, 2.24) is 4.57 Å². The fraction of sp³-hybridized carbons (Fsp3) is 0.0968. The van der Waals surface area contributed by atoms with Gasteiger partial charge in [0.1, 0.15) is 0 Å². The van der Waals surface area contributed by atoms with Gasteiger partial charge in [-0.3, -0.25) is 0 Å². The molecule has 152 valence electrons. The third-order valence-electron chi connectivity index (χ3n) is 7.35. The van der Waals surface area contributed by atoms with Crippen LogP contribution in [0.25, 0.3) is 49.4 Å². The number of hydrogen-bond donors (Lipinski definition) is 0. The lowest BCUT2D eigenvalue weighted by Gasteiger charge is -2.23. The molecule has 1 heteroatoms. The average Bonchev–Trinajstić information content (AvgIpc) is 3.29. The smallest absolute Gasteiger partial charge is 0.0622 e. The van der Waals surface area contributed by atoms with Gasteiger partial charge in [-0.2, -0.15) is 0 Å². The standard InChI is InChI=1S/C31H23N/c1-31(2)26-19-18-24-23-14-8-9-15-27(23)32(21-11-4-3-5-12-21)30(24)28(26)25-17-16-20-10-6-7-13-22(20)29(25)31/h3-19H,1-2H3. The summed E-state index contributed by atoms with van der Waals surface area (Å²) in [7, 11) is 0. The van der Waals surface area contributed by atoms with Crippen LogP contribution >= 0.6 is 0 Å². The number of nitrogens with zero attached hydrogens (tertiary/aromatic N) is 1. The zero-order valence-corrected chi connectivity index (χ0v) is 18.3. The van der Waals surface area contributed by atoms with Gasteiger partial charge in [0.2, 0.25) is 0 Å². The Kier molecular flexibility index (Phi) is 3.40. The summed E-state index contributed by atoms with van der Waals surface area (Å²) >= 11 is 0. The highest BCUT2D eigenvalue weighted by molar-refractivity contribution is 6.16. The Morgan fingerprint density at radius 2 is 1.31 bits per heavy atom. The van der Waals surface area contributed by atoms with E-state index in [0.717, 1.165) is 0 Å². The predicted molar refractivity (Wildman–Crippen MR) is 136 cm³/mol. The Hall–Kier alpha value is -3.84. The minimum atomic E-state index is -0.0578. The number of hydrogen-bond acceptors (Lipinski definition) is 0. The first-order valence-corrected chi connectivity index (χ1v) is 11.3. The van der Waals surface area contributed by atoms with Crippen molar-refractivity contribution in [2.24, 2.45) is 0 Å². The number of benzene rings is 5. The van der Waals surface area contributed by atoms with Gasteiger partial charge in [0.25, 0.3) is 0 Å². The first-order valence-electron chi connectivity index (χ1n) is 11.3. The molecule has 0 N–H and O–H groups in total. The monoisotopic (exact) mass is 409 g/mol. The third-order valence-corrected chi connectivity index (χ3v) is 7.35. The van der Waals surface area contributed by atoms with E-state index in [9.17, 15) is 0 Å². The highest BCUT2D eigenvalue weighted by Gasteiger charge is 2.38. The molecule has 1 aliphatic carbocycles. The van der Waals surface area contributed by atoms with Crippen LogP contribution in [-0.2, 0) is 5.41 Å². The average molecular weight is 410 g/mol. The lowest BCUT2D eigenvalue weighted by Crippen LogP contribution is -2.15. The van der Waals surface area contributed by atoms with Crippen LogP contribution in [0.5, 0.6) is 0 Å². The largest absolute Gasteiger partial charge is 0.309 e. The van der Waals surface area contributed by atoms with E-state index in [4.69, 9.17) is 0 Å². The second kappa shape index (κ2) is 6.11. The molecular formula is C31H23N. The van der Waals surface area contributed by atoms with Crippen LogP contribution in [0.1, 0.15) is 25.0 Å². The molecule has 6 aromatic rings. The van der Waals surface area contributed by atoms with Crippen molar-refractivity contribution in [2.45, 2.75) is 19.3 Å². The molecule has 1 aromatic heterocycles. The highest BCUT2D eigenvalue weighted by atomic mass is 15.0. The van der Waals surface area contributed by atoms with Gasteiger partial charge in [0, 0.05) is 27.4 Å². The van der Waals surface area contributed by atoms with E-state index in [0.29, 0.717) is 0 Å². The topological polar surface area (TPSA) is 4.93 Å². The van der Waals surface area contributed by atoms with Crippen LogP contribution in [0.4, 0.5) is 0 Å². The molecule has 0 saturated heterocycles. The Labute approximate surface area is 187 Å². The van der Waals surface area contributed by atoms with Gasteiger partial charge in [-0.25, -0.2) is 0 Å². The molecule has 32 heavy (non-hydrogen) atoms. The number of aromatic nitrogens is 1. The summed E-state index contributed by atoms with van der Waals surface area (Å²) in [5, 5.41) is 5.30. The maximum Gasteiger partial charge on any atom is 0.0622 e. The Bertz CT molecular complexity index is 1680. The molecule has 0 atom stereocenters. The minimum Gasteiger partial charge on any atom is -0.309 e. The second-order valence-corrected chi connectivity index (χ2v) is 9.41. The third kappa shape index (κ3) is 2.13. The highest BCUT2D eigenvalue weighted by Crippen LogP contribution is 2.54. The summed E-state index contributed by atoms with van der Waals surface area (Å²) in [5.41, 5.74) is 9.34. The molecule has 1 heterocycles. The zero-order chi connectivity index (χ0) is 21.4. The van der Waals surface area contributed by atoms with Crippen LogP contribution in [0, 0.1) is 0 Å². The predicted octanol–water partition coefficient (Wildman–Crippen LogP) is 8.24. The summed E-state index contributed by atoms with van der Waals surface area (Å²) in [6, 6.07) is 37.7. The van der Waals surface area contributed by atoms with E-state index >= 15 is 0 Å². The maximum atomic E-state index is 2.46. The molecule has 0 radical (unpaired) electrons. The van der Waals surface area contributed by atoms with Crippen LogP contribution in [0.3, 0.4) is 0 Å². The fourth-order valence-corrected chi connectivity index (χ4v) is 5.98. The summed E-state index contributed by atoms with van der Waals surface area (Å²) in [6.45, 7) is 4.76. The van der Waals surface area contributed by atoms with Crippen molar-refractivity contribution in [1.29, 1.82) is 0 Å². The van der Waals surface area contributed by atoms with Gasteiger partial charge in [-0.15, -0.1) is 0 Å². The molecular weight excluding hydrogens is 386 g/mol. The minimum absolute atomic E-state index is 0.0578. The normalized spacial score (nSPS) is 14.2. The van der Waals surface area contributed by atoms with Gasteiger partial charge in [-0.05, 0) is 45.7 Å². The van der Waals surface area contributed by atoms with Crippen molar-refractivity contribution in [2.75, 3.05) is 0 Å². The van der Waals surface area contributed by atoms with Gasteiger partial charge >= 0.3 is 0 Å². The lowest BCUT2D eigenvalue weighted by molar-refractivity contribution is 0.666. The first kappa shape index (κ1) is 17.8. The summed E-state index contributed by atoms with van der Waals surface area (Å²) in [6.07, 6.45) is 0. The van der Waals surface area contributed by atoms with Crippen molar-refractivity contribution >= 4 is 32.6 Å². The van der Waals surface area contributed by atoms with Crippen LogP contribution in [-0.4, -0.2) is 4.57 Å². The summed E-state index contributed by atoms with van der Waals surface area (Å²) in [4.78, 5) is 0. The first-order chi connectivity index (χ1) is 15.7. The molecule has 5 aromatic carbocycles. The molecule has 0 fully saturated rings. The quantitative estimate of drug-likeness (QED) is 0.258. The summed E-state index contributed by atoms with van der Waals surface area (Å²) in [5.74, 6) is 0. The van der Waals surface area contributed by atoms with E-state index in [1.165, 1.54) is 60.5 Å². The van der Waals surface area contributed by atoms with Crippen LogP contribution < -0.4 is 0 Å². The van der Waals surface area contributed by atoms with E-state index in [-0.39, 0.29) is 5.41 Å². The van der Waals surface area contributed by atoms with Gasteiger partial charge in [0.15, 0.2) is 0 Å². The van der Waals surface area contributed by atoms with E-state index in [1.807, 2.05) is 0 Å². The number of rotatable bonds is 1. The van der Waals surface area contributed by atoms with Crippen molar-refractivity contribution in [3.8, 4) is 16.8 Å². The SMILES string of the molecule is CC1(C)c2ccc3c4ccccc4n(-c4ccccc4)c3c2-c2ccc3ccccc3c21. The maximum absolute atomic E-state index is 2.46. The number of para-hydroxylation sites is 2. The molecule has 0 aliphatic heterocycles. The van der Waals surface area contributed by atoms with E-state index < -0.39 is 0 Å². The van der Waals surface area contributed by atoms with Crippen LogP contribution in [0.2, 0.25) is 0 Å². The molecule has 0 saturated carbocycles. The Morgan fingerprint density at radius 3 is 2.16 bits per heavy atom.